The van der Waals surface area contributed by atoms with Crippen molar-refractivity contribution in [2.24, 2.45) is 0 Å². The average molecular weight is 267 g/mol. The molecule has 0 radical (unpaired) electrons. The Morgan fingerprint density at radius 3 is 2.89 bits per heavy atom. The van der Waals surface area contributed by atoms with Crippen molar-refractivity contribution < 1.29 is 0 Å². The molecule has 0 aromatic heterocycles. The minimum Gasteiger partial charge on any atom is -0.374 e. The zero-order chi connectivity index (χ0) is 13.0. The molecule has 1 fully saturated rings. The van der Waals surface area contributed by atoms with Crippen molar-refractivity contribution in [2.75, 3.05) is 25.0 Å². The Hall–Kier alpha value is -0.730. The van der Waals surface area contributed by atoms with Gasteiger partial charge in [0.05, 0.1) is 0 Å². The summed E-state index contributed by atoms with van der Waals surface area (Å²) in [5, 5.41) is 4.45. The minimum absolute atomic E-state index is 0.696. The van der Waals surface area contributed by atoms with Gasteiger partial charge in [-0.15, -0.1) is 0 Å². The van der Waals surface area contributed by atoms with Crippen LogP contribution in [-0.2, 0) is 0 Å². The highest BCUT2D eigenvalue weighted by Crippen LogP contribution is 2.22. The third-order valence-electron chi connectivity index (χ3n) is 3.82. The van der Waals surface area contributed by atoms with Crippen LogP contribution in [0.4, 0.5) is 5.69 Å². The summed E-state index contributed by atoms with van der Waals surface area (Å²) in [4.78, 5) is 2.29. The van der Waals surface area contributed by atoms with Crippen LogP contribution >= 0.6 is 11.6 Å². The Balaban J connectivity index is 1.86. The van der Waals surface area contributed by atoms with E-state index in [0.29, 0.717) is 6.04 Å². The van der Waals surface area contributed by atoms with Gasteiger partial charge in [-0.2, -0.15) is 0 Å². The van der Waals surface area contributed by atoms with Crippen LogP contribution in [0.3, 0.4) is 0 Å². The first-order valence-corrected chi connectivity index (χ1v) is 7.25. The molecule has 2 nitrogen and oxygen atoms in total. The first-order chi connectivity index (χ1) is 8.66. The number of piperidine rings is 1. The van der Waals surface area contributed by atoms with E-state index in [0.717, 1.165) is 17.1 Å². The Bertz CT molecular complexity index is 386. The molecular weight excluding hydrogens is 244 g/mol. The standard InChI is InChI=1S/C15H23ClN2/c1-12-6-7-14(11-15(12)16)18(2)10-8-13-5-3-4-9-17-13/h6-7,11,13,17H,3-5,8-10H2,1-2H3. The zero-order valence-electron chi connectivity index (χ0n) is 11.4. The van der Waals surface area contributed by atoms with E-state index in [4.69, 9.17) is 11.6 Å². The largest absolute Gasteiger partial charge is 0.374 e. The number of rotatable bonds is 4. The number of anilines is 1. The van der Waals surface area contributed by atoms with Gasteiger partial charge in [-0.25, -0.2) is 0 Å². The molecule has 2 rings (SSSR count). The predicted octanol–water partition coefficient (Wildman–Crippen LogP) is 3.62. The Morgan fingerprint density at radius 1 is 1.39 bits per heavy atom. The van der Waals surface area contributed by atoms with Gasteiger partial charge in [-0.3, -0.25) is 0 Å². The van der Waals surface area contributed by atoms with E-state index in [-0.39, 0.29) is 0 Å². The summed E-state index contributed by atoms with van der Waals surface area (Å²) in [7, 11) is 2.14. The lowest BCUT2D eigenvalue weighted by Crippen LogP contribution is -2.36. The highest BCUT2D eigenvalue weighted by molar-refractivity contribution is 6.31. The van der Waals surface area contributed by atoms with Crippen LogP contribution in [0, 0.1) is 6.92 Å². The monoisotopic (exact) mass is 266 g/mol. The molecule has 1 atom stereocenters. The van der Waals surface area contributed by atoms with Crippen LogP contribution in [-0.4, -0.2) is 26.2 Å². The van der Waals surface area contributed by atoms with Crippen LogP contribution in [0.15, 0.2) is 18.2 Å². The molecule has 1 aromatic carbocycles. The maximum absolute atomic E-state index is 6.17. The predicted molar refractivity (Wildman–Crippen MR) is 79.7 cm³/mol. The summed E-state index contributed by atoms with van der Waals surface area (Å²) in [6, 6.07) is 7.00. The second kappa shape index (κ2) is 6.44. The van der Waals surface area contributed by atoms with E-state index < -0.39 is 0 Å². The van der Waals surface area contributed by atoms with Crippen LogP contribution in [0.2, 0.25) is 5.02 Å². The van der Waals surface area contributed by atoms with Crippen LogP contribution in [0.25, 0.3) is 0 Å². The fourth-order valence-electron chi connectivity index (χ4n) is 2.47. The van der Waals surface area contributed by atoms with Gasteiger partial charge in [-0.05, 0) is 50.4 Å². The highest BCUT2D eigenvalue weighted by Gasteiger charge is 2.13. The molecule has 0 saturated carbocycles. The molecule has 0 spiro atoms. The fourth-order valence-corrected chi connectivity index (χ4v) is 2.64. The van der Waals surface area contributed by atoms with E-state index in [1.807, 2.05) is 6.92 Å². The number of hydrogen-bond donors (Lipinski definition) is 1. The SMILES string of the molecule is Cc1ccc(N(C)CCC2CCCCN2)cc1Cl. The van der Waals surface area contributed by atoms with Crippen molar-refractivity contribution >= 4 is 17.3 Å². The highest BCUT2D eigenvalue weighted by atomic mass is 35.5. The minimum atomic E-state index is 0.696. The Labute approximate surface area is 115 Å². The average Bonchev–Trinajstić information content (AvgIpc) is 2.40. The quantitative estimate of drug-likeness (QED) is 0.896. The number of nitrogens with one attached hydrogen (secondary N) is 1. The Morgan fingerprint density at radius 2 is 2.22 bits per heavy atom. The molecule has 1 aliphatic rings. The molecule has 0 bridgehead atoms. The van der Waals surface area contributed by atoms with Crippen molar-refractivity contribution in [1.29, 1.82) is 0 Å². The van der Waals surface area contributed by atoms with Crippen LogP contribution in [0.5, 0.6) is 0 Å². The van der Waals surface area contributed by atoms with E-state index in [9.17, 15) is 0 Å². The summed E-state index contributed by atoms with van der Waals surface area (Å²) >= 11 is 6.17. The van der Waals surface area contributed by atoms with Crippen molar-refractivity contribution in [2.45, 2.75) is 38.6 Å². The molecule has 1 saturated heterocycles. The summed E-state index contributed by atoms with van der Waals surface area (Å²) in [6.45, 7) is 4.31. The molecule has 0 aliphatic carbocycles. The van der Waals surface area contributed by atoms with Crippen molar-refractivity contribution in [1.82, 2.24) is 5.32 Å². The lowest BCUT2D eigenvalue weighted by atomic mass is 10.0. The Kier molecular flexibility index (Phi) is 4.90. The second-order valence-corrected chi connectivity index (χ2v) is 5.70. The number of nitrogens with zero attached hydrogens (tertiary/aromatic N) is 1. The number of hydrogen-bond acceptors (Lipinski definition) is 2. The maximum atomic E-state index is 6.17. The molecule has 3 heteroatoms. The number of benzene rings is 1. The smallest absolute Gasteiger partial charge is 0.0455 e. The molecule has 18 heavy (non-hydrogen) atoms. The zero-order valence-corrected chi connectivity index (χ0v) is 12.1. The van der Waals surface area contributed by atoms with Crippen LogP contribution < -0.4 is 10.2 Å². The van der Waals surface area contributed by atoms with Gasteiger partial charge >= 0.3 is 0 Å². The van der Waals surface area contributed by atoms with Crippen molar-refractivity contribution in [3.63, 3.8) is 0 Å². The van der Waals surface area contributed by atoms with Gasteiger partial charge in [0.25, 0.3) is 0 Å². The number of aryl methyl sites for hydroxylation is 1. The van der Waals surface area contributed by atoms with E-state index in [1.54, 1.807) is 0 Å². The van der Waals surface area contributed by atoms with Gasteiger partial charge in [0.2, 0.25) is 0 Å². The molecular formula is C15H23ClN2. The third-order valence-corrected chi connectivity index (χ3v) is 4.23. The van der Waals surface area contributed by atoms with E-state index in [1.165, 1.54) is 37.9 Å². The fraction of sp³-hybridized carbons (Fsp3) is 0.600. The van der Waals surface area contributed by atoms with E-state index >= 15 is 0 Å². The van der Waals surface area contributed by atoms with Gasteiger partial charge in [0, 0.05) is 30.3 Å². The summed E-state index contributed by atoms with van der Waals surface area (Å²) in [6.07, 6.45) is 5.24. The van der Waals surface area contributed by atoms with Gasteiger partial charge in [0.1, 0.15) is 0 Å². The first kappa shape index (κ1) is 13.7. The van der Waals surface area contributed by atoms with Gasteiger partial charge < -0.3 is 10.2 Å². The molecule has 0 amide bonds. The maximum Gasteiger partial charge on any atom is 0.0455 e. The number of halogens is 1. The summed E-state index contributed by atoms with van der Waals surface area (Å²) < 4.78 is 0. The summed E-state index contributed by atoms with van der Waals surface area (Å²) in [5.74, 6) is 0. The molecule has 1 unspecified atom stereocenters. The van der Waals surface area contributed by atoms with Gasteiger partial charge in [0.15, 0.2) is 0 Å². The first-order valence-electron chi connectivity index (χ1n) is 6.87. The summed E-state index contributed by atoms with van der Waals surface area (Å²) in [5.41, 5.74) is 2.35. The molecule has 1 aliphatic heterocycles. The van der Waals surface area contributed by atoms with Crippen LogP contribution in [0.1, 0.15) is 31.2 Å². The van der Waals surface area contributed by atoms with Crippen molar-refractivity contribution in [3.8, 4) is 0 Å². The topological polar surface area (TPSA) is 15.3 Å². The molecule has 1 heterocycles. The normalized spacial score (nSPS) is 19.8. The van der Waals surface area contributed by atoms with Crippen molar-refractivity contribution in [3.05, 3.63) is 28.8 Å². The molecule has 1 aromatic rings. The molecule has 1 N–H and O–H groups in total. The lowest BCUT2D eigenvalue weighted by molar-refractivity contribution is 0.384. The van der Waals surface area contributed by atoms with E-state index in [2.05, 4.69) is 35.5 Å². The molecule has 100 valence electrons. The lowest BCUT2D eigenvalue weighted by Gasteiger charge is -2.27. The second-order valence-electron chi connectivity index (χ2n) is 5.29. The third kappa shape index (κ3) is 3.63. The van der Waals surface area contributed by atoms with Gasteiger partial charge in [-0.1, -0.05) is 24.1 Å².